The minimum absolute atomic E-state index is 0.0222. The van der Waals surface area contributed by atoms with Gasteiger partial charge in [0.05, 0.1) is 0 Å². The van der Waals surface area contributed by atoms with Gasteiger partial charge >= 0.3 is 0 Å². The Balaban J connectivity index is 2.42. The molecule has 1 fully saturated rings. The molecule has 88 valence electrons. The molecule has 1 aliphatic rings. The van der Waals surface area contributed by atoms with E-state index in [9.17, 15) is 4.79 Å². The van der Waals surface area contributed by atoms with Gasteiger partial charge in [0.25, 0.3) is 5.91 Å². The molecule has 1 aliphatic heterocycles. The molecule has 1 amide bonds. The molecule has 4 heteroatoms. The molecule has 15 heavy (non-hydrogen) atoms. The number of ether oxygens (including phenoxy) is 1. The van der Waals surface area contributed by atoms with Crippen LogP contribution < -0.4 is 5.32 Å². The fourth-order valence-electron chi connectivity index (χ4n) is 1.51. The van der Waals surface area contributed by atoms with Crippen LogP contribution in [0, 0.1) is 5.41 Å². The van der Waals surface area contributed by atoms with Crippen LogP contribution in [0.25, 0.3) is 0 Å². The molecule has 0 aliphatic carbocycles. The van der Waals surface area contributed by atoms with Crippen molar-refractivity contribution in [2.24, 2.45) is 5.41 Å². The van der Waals surface area contributed by atoms with Gasteiger partial charge in [-0.25, -0.2) is 0 Å². The first-order chi connectivity index (χ1) is 6.90. The number of amides is 1. The monoisotopic (exact) mass is 277 g/mol. The molecule has 3 nitrogen and oxygen atoms in total. The number of alkyl halides is 1. The molecule has 1 N–H and O–H groups in total. The van der Waals surface area contributed by atoms with Gasteiger partial charge in [-0.1, -0.05) is 29.8 Å². The lowest BCUT2D eigenvalue weighted by Crippen LogP contribution is -2.47. The molecule has 0 aromatic rings. The first-order valence-corrected chi connectivity index (χ1v) is 6.50. The van der Waals surface area contributed by atoms with Crippen LogP contribution in [0.2, 0.25) is 0 Å². The van der Waals surface area contributed by atoms with Crippen molar-refractivity contribution in [1.29, 1.82) is 0 Å². The first-order valence-electron chi connectivity index (χ1n) is 5.38. The average molecular weight is 278 g/mol. The number of carbonyl (C=O) groups is 1. The zero-order chi connectivity index (χ0) is 11.5. The lowest BCUT2D eigenvalue weighted by atomic mass is 9.95. The van der Waals surface area contributed by atoms with Crippen LogP contribution in [-0.2, 0) is 9.53 Å². The largest absolute Gasteiger partial charge is 0.365 e. The maximum atomic E-state index is 11.9. The van der Waals surface area contributed by atoms with Crippen molar-refractivity contribution in [2.45, 2.75) is 39.2 Å². The van der Waals surface area contributed by atoms with E-state index in [1.165, 1.54) is 0 Å². The molecule has 0 saturated carbocycles. The van der Waals surface area contributed by atoms with Gasteiger partial charge < -0.3 is 10.1 Å². The Kier molecular flexibility index (Phi) is 4.18. The van der Waals surface area contributed by atoms with Crippen LogP contribution in [0.5, 0.6) is 0 Å². The molecule has 1 saturated heterocycles. The van der Waals surface area contributed by atoms with Gasteiger partial charge in [0, 0.05) is 18.5 Å². The van der Waals surface area contributed by atoms with E-state index in [0.29, 0.717) is 13.2 Å². The zero-order valence-corrected chi connectivity index (χ0v) is 11.3. The van der Waals surface area contributed by atoms with Crippen molar-refractivity contribution >= 4 is 21.8 Å². The number of rotatable bonds is 4. The van der Waals surface area contributed by atoms with Crippen molar-refractivity contribution < 1.29 is 9.53 Å². The van der Waals surface area contributed by atoms with Crippen molar-refractivity contribution in [3.05, 3.63) is 0 Å². The number of hydrogen-bond acceptors (Lipinski definition) is 2. The normalized spacial score (nSPS) is 26.7. The van der Waals surface area contributed by atoms with E-state index in [4.69, 9.17) is 4.74 Å². The van der Waals surface area contributed by atoms with E-state index in [1.807, 2.05) is 6.92 Å². The lowest BCUT2D eigenvalue weighted by Gasteiger charge is -2.26. The Morgan fingerprint density at radius 1 is 1.60 bits per heavy atom. The second kappa shape index (κ2) is 4.83. The molecule has 0 bridgehead atoms. The van der Waals surface area contributed by atoms with Gasteiger partial charge in [-0.15, -0.1) is 0 Å². The summed E-state index contributed by atoms with van der Waals surface area (Å²) < 4.78 is 5.48. The standard InChI is InChI=1S/C11H20BrNO2/c1-10(2,7-12)8-13-9(14)11(3)5-4-6-15-11/h4-8H2,1-3H3,(H,13,14). The van der Waals surface area contributed by atoms with Gasteiger partial charge in [0.2, 0.25) is 0 Å². The topological polar surface area (TPSA) is 38.3 Å². The van der Waals surface area contributed by atoms with Gasteiger partial charge in [0.1, 0.15) is 5.60 Å². The molecule has 0 aromatic heterocycles. The van der Waals surface area contributed by atoms with Crippen LogP contribution >= 0.6 is 15.9 Å². The number of hydrogen-bond donors (Lipinski definition) is 1. The molecule has 0 spiro atoms. The third-order valence-electron chi connectivity index (χ3n) is 2.79. The van der Waals surface area contributed by atoms with Gasteiger partial charge in [-0.3, -0.25) is 4.79 Å². The van der Waals surface area contributed by atoms with Crippen LogP contribution in [-0.4, -0.2) is 30.0 Å². The molecule has 0 aromatic carbocycles. The number of halogens is 1. The van der Waals surface area contributed by atoms with Crippen LogP contribution in [0.4, 0.5) is 0 Å². The second-order valence-electron chi connectivity index (χ2n) is 5.16. The molecule has 0 radical (unpaired) electrons. The smallest absolute Gasteiger partial charge is 0.251 e. The first kappa shape index (κ1) is 13.0. The van der Waals surface area contributed by atoms with E-state index in [0.717, 1.165) is 18.2 Å². The SMILES string of the molecule is CC(C)(CBr)CNC(=O)C1(C)CCCO1. The molecule has 1 unspecified atom stereocenters. The Hall–Kier alpha value is -0.0900. The third kappa shape index (κ3) is 3.45. The highest BCUT2D eigenvalue weighted by molar-refractivity contribution is 9.09. The summed E-state index contributed by atoms with van der Waals surface area (Å²) in [6.45, 7) is 7.47. The summed E-state index contributed by atoms with van der Waals surface area (Å²) in [6, 6.07) is 0. The summed E-state index contributed by atoms with van der Waals surface area (Å²) in [7, 11) is 0. The second-order valence-corrected chi connectivity index (χ2v) is 5.72. The molecule has 1 atom stereocenters. The van der Waals surface area contributed by atoms with Crippen LogP contribution in [0.3, 0.4) is 0 Å². The molecular formula is C11H20BrNO2. The predicted molar refractivity (Wildman–Crippen MR) is 64.2 cm³/mol. The fourth-order valence-corrected chi connectivity index (χ4v) is 1.71. The van der Waals surface area contributed by atoms with Gasteiger partial charge in [-0.2, -0.15) is 0 Å². The summed E-state index contributed by atoms with van der Waals surface area (Å²) in [4.78, 5) is 11.9. The van der Waals surface area contributed by atoms with Crippen LogP contribution in [0.15, 0.2) is 0 Å². The molecule has 1 rings (SSSR count). The molecular weight excluding hydrogens is 258 g/mol. The minimum atomic E-state index is -0.595. The number of carbonyl (C=O) groups excluding carboxylic acids is 1. The highest BCUT2D eigenvalue weighted by Crippen LogP contribution is 2.25. The van der Waals surface area contributed by atoms with E-state index in [2.05, 4.69) is 35.1 Å². The zero-order valence-electron chi connectivity index (χ0n) is 9.73. The van der Waals surface area contributed by atoms with Crippen molar-refractivity contribution in [3.8, 4) is 0 Å². The molecule has 1 heterocycles. The maximum Gasteiger partial charge on any atom is 0.251 e. The highest BCUT2D eigenvalue weighted by Gasteiger charge is 2.38. The van der Waals surface area contributed by atoms with Crippen LogP contribution in [0.1, 0.15) is 33.6 Å². The van der Waals surface area contributed by atoms with E-state index in [1.54, 1.807) is 0 Å². The van der Waals surface area contributed by atoms with Gasteiger partial charge in [0.15, 0.2) is 0 Å². The van der Waals surface area contributed by atoms with Crippen molar-refractivity contribution in [3.63, 3.8) is 0 Å². The summed E-state index contributed by atoms with van der Waals surface area (Å²) in [6.07, 6.45) is 1.80. The van der Waals surface area contributed by atoms with E-state index >= 15 is 0 Å². The summed E-state index contributed by atoms with van der Waals surface area (Å²) in [5.74, 6) is 0.0222. The minimum Gasteiger partial charge on any atom is -0.365 e. The van der Waals surface area contributed by atoms with E-state index < -0.39 is 5.60 Å². The van der Waals surface area contributed by atoms with Crippen molar-refractivity contribution in [2.75, 3.05) is 18.5 Å². The Morgan fingerprint density at radius 2 is 2.27 bits per heavy atom. The fraction of sp³-hybridized carbons (Fsp3) is 0.909. The quantitative estimate of drug-likeness (QED) is 0.800. The summed E-state index contributed by atoms with van der Waals surface area (Å²) in [5, 5.41) is 3.84. The Labute approximate surface area is 100 Å². The predicted octanol–water partition coefficient (Wildman–Crippen LogP) is 2.09. The van der Waals surface area contributed by atoms with Crippen molar-refractivity contribution in [1.82, 2.24) is 5.32 Å². The Bertz CT molecular complexity index is 235. The maximum absolute atomic E-state index is 11.9. The third-order valence-corrected chi connectivity index (χ3v) is 4.31. The van der Waals surface area contributed by atoms with Gasteiger partial charge in [-0.05, 0) is 25.2 Å². The summed E-state index contributed by atoms with van der Waals surface area (Å²) in [5.41, 5.74) is -0.507. The Morgan fingerprint density at radius 3 is 2.73 bits per heavy atom. The lowest BCUT2D eigenvalue weighted by molar-refractivity contribution is -0.139. The summed E-state index contributed by atoms with van der Waals surface area (Å²) >= 11 is 3.44. The average Bonchev–Trinajstić information content (AvgIpc) is 2.63. The number of nitrogens with one attached hydrogen (secondary N) is 1. The van der Waals surface area contributed by atoms with E-state index in [-0.39, 0.29) is 11.3 Å². The highest BCUT2D eigenvalue weighted by atomic mass is 79.9.